The zero-order chi connectivity index (χ0) is 15.4. The molecule has 1 unspecified atom stereocenters. The molecule has 8 nitrogen and oxygen atoms in total. The maximum atomic E-state index is 9.86. The Morgan fingerprint density at radius 2 is 1.48 bits per heavy atom. The second kappa shape index (κ2) is 9.59. The molecule has 1 aliphatic heterocycles. The fourth-order valence-corrected chi connectivity index (χ4v) is 7.81. The third-order valence-corrected chi connectivity index (χ3v) is 9.40. The Labute approximate surface area is 133 Å². The van der Waals surface area contributed by atoms with Gasteiger partial charge in [0.1, 0.15) is 0 Å². The molecule has 0 aromatic heterocycles. The van der Waals surface area contributed by atoms with E-state index in [0.717, 1.165) is 0 Å². The summed E-state index contributed by atoms with van der Waals surface area (Å²) in [6.45, 7) is -1.06. The van der Waals surface area contributed by atoms with Crippen LogP contribution in [-0.2, 0) is 0 Å². The van der Waals surface area contributed by atoms with Crippen molar-refractivity contribution in [3.63, 3.8) is 0 Å². The molecular formula is C11H23ClO8Se. The van der Waals surface area contributed by atoms with Crippen molar-refractivity contribution in [1.29, 1.82) is 0 Å². The van der Waals surface area contributed by atoms with E-state index < -0.39 is 61.9 Å². The fourth-order valence-electron chi connectivity index (χ4n) is 2.17. The van der Waals surface area contributed by atoms with Crippen molar-refractivity contribution in [2.45, 2.75) is 52.1 Å². The van der Waals surface area contributed by atoms with Gasteiger partial charge in [0.2, 0.25) is 0 Å². The summed E-state index contributed by atoms with van der Waals surface area (Å²) >= 11 is -1.77. The normalized spacial score (nSPS) is 34.9. The Bertz CT molecular complexity index is 299. The van der Waals surface area contributed by atoms with Crippen LogP contribution in [0, 0.1) is 0 Å². The van der Waals surface area contributed by atoms with Gasteiger partial charge in [-0.3, -0.25) is 0 Å². The molecule has 8 atom stereocenters. The predicted molar refractivity (Wildman–Crippen MR) is 69.3 cm³/mol. The molecule has 0 bridgehead atoms. The Kier molecular flexibility index (Phi) is 9.81. The zero-order valence-electron chi connectivity index (χ0n) is 11.2. The number of rotatable bonds is 7. The van der Waals surface area contributed by atoms with E-state index in [9.17, 15) is 35.7 Å². The second-order valence-electron chi connectivity index (χ2n) is 4.95. The summed E-state index contributed by atoms with van der Waals surface area (Å²) < 4.78 is 0. The molecular weight excluding hydrogens is 375 g/mol. The fraction of sp³-hybridized carbons (Fsp3) is 1.00. The van der Waals surface area contributed by atoms with E-state index in [1.54, 1.807) is 0 Å². The first-order chi connectivity index (χ1) is 9.33. The van der Waals surface area contributed by atoms with Gasteiger partial charge in [-0.15, -0.1) is 0 Å². The van der Waals surface area contributed by atoms with Crippen LogP contribution < -0.4 is 12.4 Å². The van der Waals surface area contributed by atoms with Crippen LogP contribution >= 0.6 is 0 Å². The van der Waals surface area contributed by atoms with Crippen molar-refractivity contribution < 1.29 is 53.3 Å². The van der Waals surface area contributed by atoms with Crippen LogP contribution in [0.3, 0.4) is 0 Å². The summed E-state index contributed by atoms with van der Waals surface area (Å²) in [6.07, 6.45) is -8.24. The van der Waals surface area contributed by atoms with Gasteiger partial charge in [-0.1, -0.05) is 0 Å². The monoisotopic (exact) mass is 398 g/mol. The van der Waals surface area contributed by atoms with Gasteiger partial charge in [0.05, 0.1) is 0 Å². The molecule has 0 spiro atoms. The molecule has 0 saturated carbocycles. The van der Waals surface area contributed by atoms with Gasteiger partial charge in [-0.05, 0) is 0 Å². The van der Waals surface area contributed by atoms with Gasteiger partial charge in [0.25, 0.3) is 0 Å². The molecule has 10 heteroatoms. The molecule has 1 rings (SSSR count). The third kappa shape index (κ3) is 5.26. The Hall–Kier alpha value is 0.489. The summed E-state index contributed by atoms with van der Waals surface area (Å²) in [5.41, 5.74) is 0. The smallest absolute Gasteiger partial charge is 1.00 e. The molecule has 8 N–H and O–H groups in total. The predicted octanol–water partition coefficient (Wildman–Crippen LogP) is -6.98. The molecule has 0 radical (unpaired) electrons. The number of hydrogen-bond donors (Lipinski definition) is 8. The van der Waals surface area contributed by atoms with E-state index in [4.69, 9.17) is 5.11 Å². The van der Waals surface area contributed by atoms with E-state index in [0.29, 0.717) is 0 Å². The van der Waals surface area contributed by atoms with E-state index in [-0.39, 0.29) is 29.7 Å². The minimum absolute atomic E-state index is 0. The van der Waals surface area contributed by atoms with Crippen molar-refractivity contribution in [3.8, 4) is 0 Å². The van der Waals surface area contributed by atoms with Gasteiger partial charge in [0.15, 0.2) is 0 Å². The molecule has 0 aromatic rings. The minimum Gasteiger partial charge on any atom is -1.00 e. The van der Waals surface area contributed by atoms with Gasteiger partial charge in [0, 0.05) is 0 Å². The van der Waals surface area contributed by atoms with Crippen LogP contribution in [0.1, 0.15) is 0 Å². The standard InChI is InChI=1S/C11H23O8Se.ClH/c12-1-5(14)10(18)11(19)7(16)4-20-3-6(15)9(17)8(20)2-13;/h5-19H,1-4H2;1H/q+1;/p-1/t5-,6-,7-,8-,9+,10-,11-,20?;/m1./s1. The Balaban J connectivity index is 0.00000400. The zero-order valence-corrected chi connectivity index (χ0v) is 13.7. The third-order valence-electron chi connectivity index (χ3n) is 3.48. The number of aliphatic hydroxyl groups is 8. The van der Waals surface area contributed by atoms with Gasteiger partial charge >= 0.3 is 120 Å². The van der Waals surface area contributed by atoms with Crippen LogP contribution in [0.25, 0.3) is 0 Å². The number of hydrogen-bond acceptors (Lipinski definition) is 8. The van der Waals surface area contributed by atoms with Gasteiger partial charge in [-0.2, -0.15) is 0 Å². The van der Waals surface area contributed by atoms with E-state index in [1.807, 2.05) is 0 Å². The topological polar surface area (TPSA) is 162 Å². The van der Waals surface area contributed by atoms with Crippen LogP contribution in [0.4, 0.5) is 0 Å². The van der Waals surface area contributed by atoms with E-state index >= 15 is 0 Å². The first kappa shape index (κ1) is 21.5. The molecule has 0 amide bonds. The second-order valence-corrected chi connectivity index (χ2v) is 9.87. The Morgan fingerprint density at radius 1 is 0.952 bits per heavy atom. The van der Waals surface area contributed by atoms with Crippen LogP contribution in [0.15, 0.2) is 0 Å². The molecule has 0 aliphatic carbocycles. The van der Waals surface area contributed by atoms with Crippen LogP contribution in [0.2, 0.25) is 15.5 Å². The number of aliphatic hydroxyl groups excluding tert-OH is 8. The van der Waals surface area contributed by atoms with Crippen LogP contribution in [-0.4, -0.2) is 105 Å². The molecule has 1 saturated heterocycles. The molecule has 1 heterocycles. The average Bonchev–Trinajstić information content (AvgIpc) is 2.70. The SMILES string of the molecule is OC[C@@H](O)[C@@H](O)[C@H](O)[C@H](O)C[Se+]1C[C@@H](O)[C@H](O)[C@H]1CO.[Cl-]. The quantitative estimate of drug-likeness (QED) is 0.197. The largest absolute Gasteiger partial charge is 1.00 e. The summed E-state index contributed by atoms with van der Waals surface area (Å²) in [4.78, 5) is -0.494. The van der Waals surface area contributed by atoms with Crippen molar-refractivity contribution in [2.75, 3.05) is 13.2 Å². The van der Waals surface area contributed by atoms with Gasteiger partial charge < -0.3 is 12.4 Å². The molecule has 128 valence electrons. The van der Waals surface area contributed by atoms with Gasteiger partial charge in [-0.25, -0.2) is 0 Å². The van der Waals surface area contributed by atoms with Crippen molar-refractivity contribution >= 4 is 13.9 Å². The number of halogens is 1. The summed E-state index contributed by atoms with van der Waals surface area (Å²) in [5.74, 6) is 0. The molecule has 0 aromatic carbocycles. The van der Waals surface area contributed by atoms with E-state index in [1.165, 1.54) is 0 Å². The molecule has 1 aliphatic rings. The molecule has 21 heavy (non-hydrogen) atoms. The first-order valence-corrected chi connectivity index (χ1v) is 9.71. The van der Waals surface area contributed by atoms with Crippen molar-refractivity contribution in [1.82, 2.24) is 0 Å². The van der Waals surface area contributed by atoms with Crippen molar-refractivity contribution in [2.24, 2.45) is 0 Å². The maximum absolute atomic E-state index is 9.86. The van der Waals surface area contributed by atoms with Crippen LogP contribution in [0.5, 0.6) is 0 Å². The maximum Gasteiger partial charge on any atom is -1.00 e. The van der Waals surface area contributed by atoms with Crippen molar-refractivity contribution in [3.05, 3.63) is 0 Å². The Morgan fingerprint density at radius 3 is 1.95 bits per heavy atom. The summed E-state index contributed by atoms with van der Waals surface area (Å²) in [6, 6.07) is 0. The van der Waals surface area contributed by atoms with E-state index in [2.05, 4.69) is 0 Å². The average molecular weight is 398 g/mol. The minimum atomic E-state index is -1.77. The summed E-state index contributed by atoms with van der Waals surface area (Å²) in [5, 5.41) is 75.7. The molecule has 1 fully saturated rings. The summed E-state index contributed by atoms with van der Waals surface area (Å²) in [7, 11) is 0. The first-order valence-electron chi connectivity index (χ1n) is 6.29.